The van der Waals surface area contributed by atoms with Gasteiger partial charge in [-0.2, -0.15) is 0 Å². The van der Waals surface area contributed by atoms with E-state index in [4.69, 9.17) is 4.74 Å². The highest BCUT2D eigenvalue weighted by molar-refractivity contribution is 6.21. The Morgan fingerprint density at radius 2 is 1.96 bits per heavy atom. The minimum absolute atomic E-state index is 0.287. The number of aryl methyl sites for hydroxylation is 2. The van der Waals surface area contributed by atoms with E-state index in [2.05, 4.69) is 0 Å². The van der Waals surface area contributed by atoms with Gasteiger partial charge in [0.25, 0.3) is 0 Å². The molecule has 0 atom stereocenters. The first-order valence-corrected chi connectivity index (χ1v) is 7.76. The molecule has 0 saturated heterocycles. The second kappa shape index (κ2) is 7.63. The van der Waals surface area contributed by atoms with Crippen molar-refractivity contribution in [2.45, 2.75) is 27.2 Å². The summed E-state index contributed by atoms with van der Waals surface area (Å²) in [6.45, 7) is 6.62. The lowest BCUT2D eigenvalue weighted by Crippen LogP contribution is -2.02. The predicted octanol–water partition coefficient (Wildman–Crippen LogP) is 4.72. The first-order valence-electron chi connectivity index (χ1n) is 7.76. The maximum atomic E-state index is 11.7. The molecule has 2 aromatic rings. The number of aliphatic carboxylic acids is 1. The minimum atomic E-state index is -0.933. The zero-order chi connectivity index (χ0) is 16.8. The van der Waals surface area contributed by atoms with Gasteiger partial charge in [0.05, 0.1) is 12.2 Å². The average Bonchev–Trinajstić information content (AvgIpc) is 2.51. The molecule has 0 heterocycles. The topological polar surface area (TPSA) is 46.5 Å². The molecular formula is C20H22O3. The second-order valence-electron chi connectivity index (χ2n) is 5.60. The fourth-order valence-corrected chi connectivity index (χ4v) is 2.45. The lowest BCUT2D eigenvalue weighted by atomic mass is 9.97. The van der Waals surface area contributed by atoms with Gasteiger partial charge in [-0.1, -0.05) is 42.8 Å². The first kappa shape index (κ1) is 16.8. The van der Waals surface area contributed by atoms with Gasteiger partial charge in [-0.25, -0.2) is 4.79 Å². The molecule has 0 aliphatic carbocycles. The number of hydrogen-bond acceptors (Lipinski definition) is 2. The van der Waals surface area contributed by atoms with Crippen molar-refractivity contribution in [2.24, 2.45) is 0 Å². The van der Waals surface area contributed by atoms with Crippen molar-refractivity contribution in [2.75, 3.05) is 6.61 Å². The molecule has 0 radical (unpaired) electrons. The van der Waals surface area contributed by atoms with Crippen LogP contribution < -0.4 is 4.74 Å². The van der Waals surface area contributed by atoms with Gasteiger partial charge in [-0.3, -0.25) is 0 Å². The Kier molecular flexibility index (Phi) is 5.58. The third kappa shape index (κ3) is 4.46. The normalized spacial score (nSPS) is 11.3. The number of carbonyl (C=O) groups is 1. The van der Waals surface area contributed by atoms with Crippen molar-refractivity contribution in [1.29, 1.82) is 0 Å². The Hall–Kier alpha value is -2.55. The third-order valence-electron chi connectivity index (χ3n) is 3.54. The Morgan fingerprint density at radius 3 is 2.61 bits per heavy atom. The van der Waals surface area contributed by atoms with E-state index < -0.39 is 5.97 Å². The molecule has 3 nitrogen and oxygen atoms in total. The van der Waals surface area contributed by atoms with Crippen molar-refractivity contribution < 1.29 is 14.6 Å². The number of carboxylic acids is 1. The van der Waals surface area contributed by atoms with E-state index in [0.717, 1.165) is 34.4 Å². The van der Waals surface area contributed by atoms with E-state index in [0.29, 0.717) is 6.61 Å². The maximum absolute atomic E-state index is 11.7. The van der Waals surface area contributed by atoms with Crippen molar-refractivity contribution in [3.8, 4) is 5.75 Å². The van der Waals surface area contributed by atoms with Crippen LogP contribution in [0.1, 0.15) is 35.6 Å². The second-order valence-corrected chi connectivity index (χ2v) is 5.60. The zero-order valence-corrected chi connectivity index (χ0v) is 13.8. The van der Waals surface area contributed by atoms with Gasteiger partial charge in [-0.15, -0.1) is 0 Å². The first-order chi connectivity index (χ1) is 11.0. The van der Waals surface area contributed by atoms with E-state index in [9.17, 15) is 9.90 Å². The lowest BCUT2D eigenvalue weighted by molar-refractivity contribution is -0.130. The number of carboxylic acid groups (broad SMARTS) is 1. The highest BCUT2D eigenvalue weighted by Crippen LogP contribution is 2.24. The fraction of sp³-hybridized carbons (Fsp3) is 0.250. The standard InChI is InChI=1S/C20H22O3/c1-4-10-23-17-7-5-6-16(12-17)13-19(20(21)22)18-9-8-14(2)11-15(18)3/h5-9,11-13H,4,10H2,1-3H3,(H,21,22)/b19-13-. The molecule has 0 unspecified atom stereocenters. The Bertz CT molecular complexity index is 729. The van der Waals surface area contributed by atoms with Crippen LogP contribution in [-0.2, 0) is 4.79 Å². The van der Waals surface area contributed by atoms with E-state index in [1.807, 2.05) is 63.2 Å². The van der Waals surface area contributed by atoms with Crippen LogP contribution in [0.25, 0.3) is 11.6 Å². The molecule has 1 N–H and O–H groups in total. The Labute approximate surface area is 137 Å². The molecule has 23 heavy (non-hydrogen) atoms. The van der Waals surface area contributed by atoms with E-state index >= 15 is 0 Å². The summed E-state index contributed by atoms with van der Waals surface area (Å²) in [6.07, 6.45) is 2.63. The smallest absolute Gasteiger partial charge is 0.336 e. The van der Waals surface area contributed by atoms with Gasteiger partial charge in [0.1, 0.15) is 5.75 Å². The van der Waals surface area contributed by atoms with Gasteiger partial charge in [0.15, 0.2) is 0 Å². The highest BCUT2D eigenvalue weighted by atomic mass is 16.5. The fourth-order valence-electron chi connectivity index (χ4n) is 2.45. The van der Waals surface area contributed by atoms with Gasteiger partial charge < -0.3 is 9.84 Å². The van der Waals surface area contributed by atoms with E-state index in [1.54, 1.807) is 6.08 Å². The molecular weight excluding hydrogens is 288 g/mol. The van der Waals surface area contributed by atoms with Crippen molar-refractivity contribution in [1.82, 2.24) is 0 Å². The molecule has 0 bridgehead atoms. The quantitative estimate of drug-likeness (QED) is 0.620. The molecule has 0 aliphatic rings. The molecule has 2 aromatic carbocycles. The summed E-state index contributed by atoms with van der Waals surface area (Å²) in [4.78, 5) is 11.7. The van der Waals surface area contributed by atoms with Crippen LogP contribution in [0.5, 0.6) is 5.75 Å². The van der Waals surface area contributed by atoms with Crippen LogP contribution in [0.4, 0.5) is 0 Å². The molecule has 2 rings (SSSR count). The summed E-state index contributed by atoms with van der Waals surface area (Å²) >= 11 is 0. The number of ether oxygens (including phenoxy) is 1. The van der Waals surface area contributed by atoms with Gasteiger partial charge in [0.2, 0.25) is 0 Å². The van der Waals surface area contributed by atoms with Crippen molar-refractivity contribution in [3.63, 3.8) is 0 Å². The van der Waals surface area contributed by atoms with Crippen molar-refractivity contribution >= 4 is 17.6 Å². The molecule has 3 heteroatoms. The average molecular weight is 310 g/mol. The van der Waals surface area contributed by atoms with E-state index in [-0.39, 0.29) is 5.57 Å². The number of benzene rings is 2. The zero-order valence-electron chi connectivity index (χ0n) is 13.8. The van der Waals surface area contributed by atoms with Crippen LogP contribution in [0.15, 0.2) is 42.5 Å². The summed E-state index contributed by atoms with van der Waals surface area (Å²) in [7, 11) is 0. The van der Waals surface area contributed by atoms with Gasteiger partial charge in [-0.05, 0) is 55.2 Å². The molecule has 0 amide bonds. The largest absolute Gasteiger partial charge is 0.494 e. The number of rotatable bonds is 6. The summed E-state index contributed by atoms with van der Waals surface area (Å²) < 4.78 is 5.61. The van der Waals surface area contributed by atoms with Crippen LogP contribution in [0.3, 0.4) is 0 Å². The van der Waals surface area contributed by atoms with E-state index in [1.165, 1.54) is 0 Å². The van der Waals surface area contributed by atoms with Crippen LogP contribution >= 0.6 is 0 Å². The summed E-state index contributed by atoms with van der Waals surface area (Å²) in [5.41, 5.74) is 3.91. The monoisotopic (exact) mass is 310 g/mol. The molecule has 0 saturated carbocycles. The van der Waals surface area contributed by atoms with Gasteiger partial charge >= 0.3 is 5.97 Å². The SMILES string of the molecule is CCCOc1cccc(/C=C(\C(=O)O)c2ccc(C)cc2C)c1. The maximum Gasteiger partial charge on any atom is 0.336 e. The third-order valence-corrected chi connectivity index (χ3v) is 3.54. The lowest BCUT2D eigenvalue weighted by Gasteiger charge is -2.09. The summed E-state index contributed by atoms with van der Waals surface area (Å²) in [5.74, 6) is -0.178. The Balaban J connectivity index is 2.41. The summed E-state index contributed by atoms with van der Waals surface area (Å²) in [6, 6.07) is 13.3. The van der Waals surface area contributed by atoms with Crippen LogP contribution in [-0.4, -0.2) is 17.7 Å². The van der Waals surface area contributed by atoms with Crippen LogP contribution in [0, 0.1) is 13.8 Å². The Morgan fingerprint density at radius 1 is 1.17 bits per heavy atom. The molecule has 0 spiro atoms. The predicted molar refractivity (Wildman–Crippen MR) is 93.7 cm³/mol. The minimum Gasteiger partial charge on any atom is -0.494 e. The summed E-state index contributed by atoms with van der Waals surface area (Å²) in [5, 5.41) is 9.59. The molecule has 0 fully saturated rings. The number of hydrogen-bond donors (Lipinski definition) is 1. The molecule has 0 aromatic heterocycles. The highest BCUT2D eigenvalue weighted by Gasteiger charge is 2.13. The van der Waals surface area contributed by atoms with Crippen LogP contribution in [0.2, 0.25) is 0 Å². The van der Waals surface area contributed by atoms with Gasteiger partial charge in [0, 0.05) is 0 Å². The van der Waals surface area contributed by atoms with Crippen molar-refractivity contribution in [3.05, 3.63) is 64.7 Å². The molecule has 0 aliphatic heterocycles. The molecule has 120 valence electrons.